The summed E-state index contributed by atoms with van der Waals surface area (Å²) in [7, 11) is 0. The zero-order valence-electron chi connectivity index (χ0n) is 11.1. The summed E-state index contributed by atoms with van der Waals surface area (Å²) in [5, 5.41) is 11.5. The Hall–Kier alpha value is -1.10. The van der Waals surface area contributed by atoms with Gasteiger partial charge < -0.3 is 16.2 Å². The van der Waals surface area contributed by atoms with Crippen molar-refractivity contribution in [2.24, 2.45) is 17.6 Å². The second-order valence-corrected chi connectivity index (χ2v) is 4.94. The molecule has 0 radical (unpaired) electrons. The Balaban J connectivity index is 4.45. The van der Waals surface area contributed by atoms with Crippen LogP contribution in [0.2, 0.25) is 0 Å². The summed E-state index contributed by atoms with van der Waals surface area (Å²) in [6, 6.07) is -1.49. The van der Waals surface area contributed by atoms with Gasteiger partial charge in [0.25, 0.3) is 0 Å². The lowest BCUT2D eigenvalue weighted by atomic mass is 9.98. The Morgan fingerprint density at radius 1 is 1.29 bits per heavy atom. The Morgan fingerprint density at radius 3 is 2.18 bits per heavy atom. The van der Waals surface area contributed by atoms with Crippen LogP contribution in [0.3, 0.4) is 0 Å². The van der Waals surface area contributed by atoms with E-state index in [-0.39, 0.29) is 17.7 Å². The highest BCUT2D eigenvalue weighted by Gasteiger charge is 2.26. The van der Waals surface area contributed by atoms with Gasteiger partial charge in [-0.1, -0.05) is 34.1 Å². The molecule has 3 atom stereocenters. The molecule has 0 aliphatic carbocycles. The predicted octanol–water partition coefficient (Wildman–Crippen LogP) is 0.975. The molecule has 0 heterocycles. The Labute approximate surface area is 103 Å². The number of carbonyl (C=O) groups is 2. The first-order valence-electron chi connectivity index (χ1n) is 6.08. The molecule has 0 aromatic carbocycles. The molecule has 0 bridgehead atoms. The number of carboxylic acids is 1. The molecule has 0 spiro atoms. The van der Waals surface area contributed by atoms with E-state index in [4.69, 9.17) is 10.8 Å². The van der Waals surface area contributed by atoms with Gasteiger partial charge in [-0.05, 0) is 18.3 Å². The van der Waals surface area contributed by atoms with Crippen LogP contribution in [0.15, 0.2) is 0 Å². The molecule has 0 aliphatic heterocycles. The van der Waals surface area contributed by atoms with Crippen LogP contribution in [0.4, 0.5) is 0 Å². The van der Waals surface area contributed by atoms with Crippen LogP contribution in [0.1, 0.15) is 40.5 Å². The number of hydrogen-bond acceptors (Lipinski definition) is 3. The fourth-order valence-electron chi connectivity index (χ4n) is 1.47. The predicted molar refractivity (Wildman–Crippen MR) is 66.5 cm³/mol. The standard InChI is InChI=1S/C12H24N2O3/c1-5-8(4)10(13)11(15)14-9(12(16)17)6-7(2)3/h7-10H,5-6,13H2,1-4H3,(H,14,15)(H,16,17). The fourth-order valence-corrected chi connectivity index (χ4v) is 1.47. The summed E-state index contributed by atoms with van der Waals surface area (Å²) in [6.45, 7) is 7.65. The average Bonchev–Trinajstić information content (AvgIpc) is 2.25. The number of carboxylic acid groups (broad SMARTS) is 1. The minimum absolute atomic E-state index is 0.0449. The molecule has 0 aromatic rings. The Morgan fingerprint density at radius 2 is 1.82 bits per heavy atom. The van der Waals surface area contributed by atoms with E-state index in [0.717, 1.165) is 6.42 Å². The van der Waals surface area contributed by atoms with Crippen molar-refractivity contribution < 1.29 is 14.7 Å². The van der Waals surface area contributed by atoms with Crippen molar-refractivity contribution >= 4 is 11.9 Å². The van der Waals surface area contributed by atoms with Crippen molar-refractivity contribution in [1.29, 1.82) is 0 Å². The van der Waals surface area contributed by atoms with Crippen molar-refractivity contribution in [2.45, 2.75) is 52.6 Å². The van der Waals surface area contributed by atoms with Gasteiger partial charge in [0.05, 0.1) is 6.04 Å². The van der Waals surface area contributed by atoms with E-state index in [9.17, 15) is 9.59 Å². The third-order valence-electron chi connectivity index (χ3n) is 2.88. The first kappa shape index (κ1) is 15.9. The van der Waals surface area contributed by atoms with Crippen molar-refractivity contribution in [2.75, 3.05) is 0 Å². The van der Waals surface area contributed by atoms with E-state index in [2.05, 4.69) is 5.32 Å². The van der Waals surface area contributed by atoms with Gasteiger partial charge in [0, 0.05) is 0 Å². The molecule has 4 N–H and O–H groups in total. The largest absolute Gasteiger partial charge is 0.480 e. The van der Waals surface area contributed by atoms with Gasteiger partial charge in [-0.3, -0.25) is 4.79 Å². The van der Waals surface area contributed by atoms with E-state index in [1.165, 1.54) is 0 Å². The third-order valence-corrected chi connectivity index (χ3v) is 2.88. The molecule has 0 saturated carbocycles. The van der Waals surface area contributed by atoms with Crippen LogP contribution < -0.4 is 11.1 Å². The minimum atomic E-state index is -1.01. The smallest absolute Gasteiger partial charge is 0.326 e. The molecule has 17 heavy (non-hydrogen) atoms. The van der Waals surface area contributed by atoms with Crippen LogP contribution in [-0.2, 0) is 9.59 Å². The number of rotatable bonds is 7. The molecule has 0 fully saturated rings. The highest BCUT2D eigenvalue weighted by molar-refractivity contribution is 5.86. The summed E-state index contributed by atoms with van der Waals surface area (Å²) < 4.78 is 0. The second kappa shape index (κ2) is 7.27. The Kier molecular flexibility index (Phi) is 6.80. The molecular formula is C12H24N2O3. The van der Waals surface area contributed by atoms with Crippen LogP contribution in [0.5, 0.6) is 0 Å². The number of hydrogen-bond donors (Lipinski definition) is 3. The molecule has 1 amide bonds. The number of nitrogens with two attached hydrogens (primary N) is 1. The highest BCUT2D eigenvalue weighted by Crippen LogP contribution is 2.08. The van der Waals surface area contributed by atoms with Crippen LogP contribution in [-0.4, -0.2) is 29.1 Å². The van der Waals surface area contributed by atoms with Crippen molar-refractivity contribution in [3.63, 3.8) is 0 Å². The third kappa shape index (κ3) is 5.68. The molecule has 100 valence electrons. The molecule has 0 saturated heterocycles. The maximum atomic E-state index is 11.7. The maximum Gasteiger partial charge on any atom is 0.326 e. The van der Waals surface area contributed by atoms with Gasteiger partial charge in [0.2, 0.25) is 5.91 Å². The normalized spacial score (nSPS) is 16.4. The van der Waals surface area contributed by atoms with E-state index < -0.39 is 18.1 Å². The molecule has 0 aromatic heterocycles. The second-order valence-electron chi connectivity index (χ2n) is 4.94. The molecular weight excluding hydrogens is 220 g/mol. The first-order chi connectivity index (χ1) is 7.79. The zero-order valence-corrected chi connectivity index (χ0v) is 11.1. The van der Waals surface area contributed by atoms with E-state index in [1.807, 2.05) is 27.7 Å². The molecule has 5 heteroatoms. The van der Waals surface area contributed by atoms with Crippen molar-refractivity contribution in [1.82, 2.24) is 5.32 Å². The highest BCUT2D eigenvalue weighted by atomic mass is 16.4. The quantitative estimate of drug-likeness (QED) is 0.622. The van der Waals surface area contributed by atoms with Crippen molar-refractivity contribution in [3.8, 4) is 0 Å². The lowest BCUT2D eigenvalue weighted by Gasteiger charge is -2.22. The van der Waals surface area contributed by atoms with E-state index >= 15 is 0 Å². The Bertz CT molecular complexity index is 266. The van der Waals surface area contributed by atoms with Gasteiger partial charge in [-0.25, -0.2) is 4.79 Å². The van der Waals surface area contributed by atoms with Gasteiger partial charge >= 0.3 is 5.97 Å². The SMILES string of the molecule is CCC(C)C(N)C(=O)NC(CC(C)C)C(=O)O. The van der Waals surface area contributed by atoms with Gasteiger partial charge in [0.15, 0.2) is 0 Å². The summed E-state index contributed by atoms with van der Waals surface area (Å²) >= 11 is 0. The van der Waals surface area contributed by atoms with Gasteiger partial charge in [-0.15, -0.1) is 0 Å². The lowest BCUT2D eigenvalue weighted by Crippen LogP contribution is -2.51. The number of amides is 1. The van der Waals surface area contributed by atoms with Crippen molar-refractivity contribution in [3.05, 3.63) is 0 Å². The molecule has 3 unspecified atom stereocenters. The van der Waals surface area contributed by atoms with E-state index in [0.29, 0.717) is 6.42 Å². The van der Waals surface area contributed by atoms with Crippen LogP contribution >= 0.6 is 0 Å². The summed E-state index contributed by atoms with van der Waals surface area (Å²) in [6.07, 6.45) is 1.20. The lowest BCUT2D eigenvalue weighted by molar-refractivity contribution is -0.142. The molecule has 5 nitrogen and oxygen atoms in total. The molecule has 0 rings (SSSR count). The zero-order chi connectivity index (χ0) is 13.6. The first-order valence-corrected chi connectivity index (χ1v) is 6.08. The maximum absolute atomic E-state index is 11.7. The topological polar surface area (TPSA) is 92.4 Å². The van der Waals surface area contributed by atoms with Gasteiger partial charge in [0.1, 0.15) is 6.04 Å². The van der Waals surface area contributed by atoms with E-state index in [1.54, 1.807) is 0 Å². The van der Waals surface area contributed by atoms with Crippen LogP contribution in [0, 0.1) is 11.8 Å². The average molecular weight is 244 g/mol. The number of nitrogens with one attached hydrogen (secondary N) is 1. The molecule has 0 aliphatic rings. The van der Waals surface area contributed by atoms with Gasteiger partial charge in [-0.2, -0.15) is 0 Å². The summed E-state index contributed by atoms with van der Waals surface area (Å²) in [4.78, 5) is 22.7. The fraction of sp³-hybridized carbons (Fsp3) is 0.833. The monoisotopic (exact) mass is 244 g/mol. The van der Waals surface area contributed by atoms with Crippen LogP contribution in [0.25, 0.3) is 0 Å². The minimum Gasteiger partial charge on any atom is -0.480 e. The summed E-state index contributed by atoms with van der Waals surface area (Å²) in [5.74, 6) is -1.14. The number of carbonyl (C=O) groups excluding carboxylic acids is 1. The summed E-state index contributed by atoms with van der Waals surface area (Å²) in [5.41, 5.74) is 5.75. The number of aliphatic carboxylic acids is 1.